The average molecular weight is 1580 g/mol. The molecule has 115 heavy (non-hydrogen) atoms. The molecule has 6 amide bonds. The Balaban J connectivity index is 0.000000287. The van der Waals surface area contributed by atoms with Crippen LogP contribution in [0.2, 0.25) is 0 Å². The van der Waals surface area contributed by atoms with Crippen LogP contribution in [-0.2, 0) is 47.7 Å². The summed E-state index contributed by atoms with van der Waals surface area (Å²) in [4.78, 5) is 118. The van der Waals surface area contributed by atoms with E-state index in [1.807, 2.05) is 19.1 Å². The molecule has 5 unspecified atom stereocenters. The zero-order valence-electron chi connectivity index (χ0n) is 68.4. The number of nitrogens with one attached hydrogen (secondary N) is 3. The Morgan fingerprint density at radius 3 is 0.913 bits per heavy atom. The first kappa shape index (κ1) is 95.0. The summed E-state index contributed by atoms with van der Waals surface area (Å²) in [6, 6.07) is 40.6. The zero-order chi connectivity index (χ0) is 86.0. The molecule has 26 nitrogen and oxygen atoms in total. The molecule has 0 saturated carbocycles. The number of amides is 6. The Morgan fingerprint density at radius 2 is 0.678 bits per heavy atom. The van der Waals surface area contributed by atoms with Crippen molar-refractivity contribution in [2.45, 2.75) is 172 Å². The quantitative estimate of drug-likeness (QED) is 0.0209. The molecular formula is C89H110N6O20. The van der Waals surface area contributed by atoms with Crippen molar-refractivity contribution in [3.63, 3.8) is 0 Å². The van der Waals surface area contributed by atoms with Crippen molar-refractivity contribution in [2.24, 2.45) is 0 Å². The zero-order valence-corrected chi connectivity index (χ0v) is 68.4. The number of ketones is 3. The fourth-order valence-electron chi connectivity index (χ4n) is 11.6. The van der Waals surface area contributed by atoms with E-state index in [1.54, 1.807) is 147 Å². The van der Waals surface area contributed by atoms with Crippen molar-refractivity contribution in [3.05, 3.63) is 212 Å². The van der Waals surface area contributed by atoms with Crippen molar-refractivity contribution in [1.82, 2.24) is 30.7 Å². The van der Waals surface area contributed by atoms with Gasteiger partial charge in [0.2, 0.25) is 0 Å². The van der Waals surface area contributed by atoms with Crippen LogP contribution < -0.4 is 16.0 Å². The number of hydrogen-bond donors (Lipinski definition) is 10. The SMILES string of the molecule is C#Cc1ccc(C(O)C(C)(C)O)cc1.CNC(=O)[C@@](C)(C(=O)CO)N(C)C(=O)c1ccc(C#Cc2ccc(C(O)C(C)(C)O)cc2)cc1.CNC(=O)[C@@](C)(C(=O)COC1CCCCO1)N(C)C(=O)c1ccc(C#Cc2ccc(C(O)C(C)(C)O)cc2)cc1.CNC(=O)[C@@](C)(C(=O)COC1CCCCO1)N(C)C(=O)c1ccc(C)cc1. The summed E-state index contributed by atoms with van der Waals surface area (Å²) in [7, 11) is 8.39. The Morgan fingerprint density at radius 1 is 0.426 bits per heavy atom. The van der Waals surface area contributed by atoms with Crippen LogP contribution in [0.5, 0.6) is 0 Å². The molecule has 2 fully saturated rings. The fourth-order valence-corrected chi connectivity index (χ4v) is 11.6. The third kappa shape index (κ3) is 25.7. The number of carbonyl (C=O) groups is 9. The molecule has 26 heteroatoms. The Kier molecular flexibility index (Phi) is 35.2. The largest absolute Gasteiger partial charge is 0.388 e. The lowest BCUT2D eigenvalue weighted by Gasteiger charge is -2.36. The van der Waals surface area contributed by atoms with Gasteiger partial charge in [-0.2, -0.15) is 0 Å². The minimum Gasteiger partial charge on any atom is -0.388 e. The van der Waals surface area contributed by atoms with Gasteiger partial charge in [0, 0.05) is 100 Å². The number of aliphatic hydroxyl groups excluding tert-OH is 4. The second-order valence-electron chi connectivity index (χ2n) is 29.9. The van der Waals surface area contributed by atoms with E-state index in [2.05, 4.69) is 45.6 Å². The van der Waals surface area contributed by atoms with Crippen LogP contribution in [-0.4, -0.2) is 225 Å². The van der Waals surface area contributed by atoms with Gasteiger partial charge in [-0.15, -0.1) is 6.42 Å². The van der Waals surface area contributed by atoms with Gasteiger partial charge in [-0.05, 0) is 222 Å². The van der Waals surface area contributed by atoms with Crippen LogP contribution in [0.25, 0.3) is 0 Å². The van der Waals surface area contributed by atoms with Crippen molar-refractivity contribution >= 4 is 52.8 Å². The number of aliphatic hydroxyl groups is 7. The van der Waals surface area contributed by atoms with E-state index in [4.69, 9.17) is 25.4 Å². The topological polar surface area (TPSA) is 378 Å². The highest BCUT2D eigenvalue weighted by molar-refractivity contribution is 6.16. The molecule has 6 aromatic rings. The Labute approximate surface area is 673 Å². The van der Waals surface area contributed by atoms with E-state index in [9.17, 15) is 78.9 Å². The highest BCUT2D eigenvalue weighted by atomic mass is 16.7. The van der Waals surface area contributed by atoms with Crippen LogP contribution in [0.4, 0.5) is 0 Å². The smallest absolute Gasteiger partial charge is 0.254 e. The first-order valence-corrected chi connectivity index (χ1v) is 37.5. The van der Waals surface area contributed by atoms with E-state index in [1.165, 1.54) is 95.7 Å². The maximum Gasteiger partial charge on any atom is 0.254 e. The molecule has 0 radical (unpaired) electrons. The third-order valence-electron chi connectivity index (χ3n) is 19.9. The van der Waals surface area contributed by atoms with Crippen molar-refractivity contribution < 1.29 is 97.8 Å². The number of hydrogen-bond acceptors (Lipinski definition) is 20. The maximum atomic E-state index is 13.3. The number of ether oxygens (including phenoxy) is 4. The van der Waals surface area contributed by atoms with Gasteiger partial charge in [-0.25, -0.2) is 0 Å². The lowest BCUT2D eigenvalue weighted by Crippen LogP contribution is -2.62. The summed E-state index contributed by atoms with van der Waals surface area (Å²) in [5.74, 6) is 9.29. The van der Waals surface area contributed by atoms with Gasteiger partial charge in [0.25, 0.3) is 35.4 Å². The molecule has 8 rings (SSSR count). The molecule has 0 aliphatic carbocycles. The molecule has 0 bridgehead atoms. The number of benzene rings is 6. The lowest BCUT2D eigenvalue weighted by molar-refractivity contribution is -0.174. The molecule has 0 spiro atoms. The van der Waals surface area contributed by atoms with Crippen LogP contribution in [0.3, 0.4) is 0 Å². The summed E-state index contributed by atoms with van der Waals surface area (Å²) in [6.07, 6.45) is 6.51. The van der Waals surface area contributed by atoms with Gasteiger partial charge in [0.05, 0.1) is 16.8 Å². The normalized spacial score (nSPS) is 16.2. The number of aryl methyl sites for hydroxylation is 1. The van der Waals surface area contributed by atoms with E-state index >= 15 is 0 Å². The molecule has 2 aliphatic heterocycles. The summed E-state index contributed by atoms with van der Waals surface area (Å²) >= 11 is 0. The molecule has 6 aromatic carbocycles. The molecule has 2 aliphatic rings. The second kappa shape index (κ2) is 42.7. The molecular weight excluding hydrogens is 1470 g/mol. The Hall–Kier alpha value is -10.6. The first-order valence-electron chi connectivity index (χ1n) is 37.5. The second-order valence-corrected chi connectivity index (χ2v) is 29.9. The van der Waals surface area contributed by atoms with E-state index in [0.29, 0.717) is 70.6 Å². The van der Waals surface area contributed by atoms with Crippen LogP contribution in [0.1, 0.15) is 200 Å². The fraction of sp³-hybridized carbons (Fsp3) is 0.427. The Bertz CT molecular complexity index is 4450. The monoisotopic (exact) mass is 1580 g/mol. The van der Waals surface area contributed by atoms with Gasteiger partial charge < -0.3 is 85.3 Å². The van der Waals surface area contributed by atoms with Crippen molar-refractivity contribution in [2.75, 3.05) is 75.3 Å². The minimum atomic E-state index is -1.86. The molecule has 0 aromatic heterocycles. The maximum absolute atomic E-state index is 13.3. The number of Topliss-reactive ketones (excluding diaryl/α,β-unsaturated/α-hetero) is 3. The first-order chi connectivity index (χ1) is 54.0. The summed E-state index contributed by atoms with van der Waals surface area (Å²) in [5, 5.41) is 76.1. The predicted octanol–water partition coefficient (Wildman–Crippen LogP) is 6.76. The van der Waals surface area contributed by atoms with Crippen LogP contribution >= 0.6 is 0 Å². The lowest BCUT2D eigenvalue weighted by atomic mass is 9.92. The van der Waals surface area contributed by atoms with Crippen LogP contribution in [0, 0.1) is 42.9 Å². The molecule has 2 saturated heterocycles. The number of carbonyl (C=O) groups excluding carboxylic acids is 9. The average Bonchev–Trinajstić information content (AvgIpc) is 0.791. The number of terminal acetylenes is 1. The third-order valence-corrected chi connectivity index (χ3v) is 19.9. The van der Waals surface area contributed by atoms with Crippen molar-refractivity contribution in [3.8, 4) is 36.0 Å². The van der Waals surface area contributed by atoms with Gasteiger partial charge in [0.1, 0.15) is 38.1 Å². The molecule has 2 heterocycles. The summed E-state index contributed by atoms with van der Waals surface area (Å²) < 4.78 is 22.1. The summed E-state index contributed by atoms with van der Waals surface area (Å²) in [6.45, 7) is 14.9. The molecule has 8 atom stereocenters. The number of rotatable bonds is 25. The number of likely N-dealkylation sites (N-methyl/N-ethyl adjacent to an activating group) is 6. The van der Waals surface area contributed by atoms with Crippen LogP contribution in [0.15, 0.2) is 146 Å². The highest BCUT2D eigenvalue weighted by Gasteiger charge is 2.49. The number of nitrogens with zero attached hydrogens (tertiary/aromatic N) is 3. The predicted molar refractivity (Wildman–Crippen MR) is 432 cm³/mol. The van der Waals surface area contributed by atoms with Gasteiger partial charge >= 0.3 is 0 Å². The highest BCUT2D eigenvalue weighted by Crippen LogP contribution is 2.30. The van der Waals surface area contributed by atoms with E-state index in [-0.39, 0.29) is 24.3 Å². The van der Waals surface area contributed by atoms with Gasteiger partial charge in [-0.1, -0.05) is 83.7 Å². The van der Waals surface area contributed by atoms with Gasteiger partial charge in [0.15, 0.2) is 46.5 Å². The standard InChI is InChI=1S/C31H38N2O7.C26H30N2O6.C20H28N2O5.C12H14O2/c1-30(2,38)27(35)23-15-11-21(12-16-23)9-10-22-13-17-24(18-14-22)28(36)33(5)31(3,29(37)32-4)25(34)20-40-26-8-6-7-19-39-26;1-25(2,34)22(31)19-12-8-17(9-13-19)6-7-18-10-14-20(15-11-18)23(32)28(5)26(3,21(30)16-29)24(33)27-4;1-14-8-10-15(11-9-14)18(24)22(4)20(2,19(25)21-3)16(23)13-27-17-7-5-6-12-26-17;1-4-9-5-7-10(8-6-9)11(13)12(2,3)14/h11-18,26-27,35,38H,6-8,19-20H2,1-5H3,(H,32,37);8-15,22,29,31,34H,16H2,1-5H3,(H,27,33);8-11,17H,5-7,12-13H2,1-4H3,(H,21,25);1,5-8,11,13-14H,2-3H3/t26?,27?,31-;22?,26-;17?,20-;/m111./s1. The molecule has 10 N–H and O–H groups in total. The van der Waals surface area contributed by atoms with E-state index < -0.39 is 124 Å². The summed E-state index contributed by atoms with van der Waals surface area (Å²) in [5.41, 5.74) is -1.74. The molecule has 616 valence electrons. The minimum absolute atomic E-state index is 0.249. The van der Waals surface area contributed by atoms with E-state index in [0.717, 1.165) is 46.6 Å². The van der Waals surface area contributed by atoms with Crippen molar-refractivity contribution in [1.29, 1.82) is 0 Å². The van der Waals surface area contributed by atoms with Gasteiger partial charge in [-0.3, -0.25) is 43.2 Å².